The zero-order valence-corrected chi connectivity index (χ0v) is 10.3. The van der Waals surface area contributed by atoms with Crippen LogP contribution < -0.4 is 0 Å². The maximum Gasteiger partial charge on any atom is 0.000966 e. The van der Waals surface area contributed by atoms with Crippen LogP contribution in [-0.4, -0.2) is 24.5 Å². The Morgan fingerprint density at radius 2 is 2.07 bits per heavy atom. The Balaban J connectivity index is 2.34. The van der Waals surface area contributed by atoms with Gasteiger partial charge in [0.1, 0.15) is 0 Å². The highest BCUT2D eigenvalue weighted by molar-refractivity contribution is 4.74. The number of unbranched alkanes of at least 4 members (excludes halogenated alkanes) is 1. The Labute approximate surface area is 89.9 Å². The third-order valence-corrected chi connectivity index (χ3v) is 3.75. The normalized spacial score (nSPS) is 30.2. The first kappa shape index (κ1) is 12.0. The van der Waals surface area contributed by atoms with E-state index in [1.165, 1.54) is 51.7 Å². The van der Waals surface area contributed by atoms with E-state index < -0.39 is 0 Å². The van der Waals surface area contributed by atoms with Crippen LogP contribution in [0.4, 0.5) is 0 Å². The lowest BCUT2D eigenvalue weighted by Gasteiger charge is -2.24. The van der Waals surface area contributed by atoms with Crippen LogP contribution in [0, 0.1) is 11.8 Å². The Bertz CT molecular complexity index is 144. The fourth-order valence-electron chi connectivity index (χ4n) is 2.70. The molecular formula is C13H27N. The van der Waals surface area contributed by atoms with Gasteiger partial charge in [-0.1, -0.05) is 33.6 Å². The molecule has 1 heterocycles. The van der Waals surface area contributed by atoms with Crippen molar-refractivity contribution in [2.24, 2.45) is 11.8 Å². The minimum atomic E-state index is 0.916. The van der Waals surface area contributed by atoms with Gasteiger partial charge in [-0.3, -0.25) is 0 Å². The summed E-state index contributed by atoms with van der Waals surface area (Å²) in [6, 6.07) is 0. The standard InChI is InChI=1S/C13H27N/c1-4-6-9-14-10-7-8-13(5-2)12(3)11-14/h12-13H,4-11H2,1-3H3/t12-,13?/m1/s1. The largest absolute Gasteiger partial charge is 0.303 e. The molecule has 0 bridgehead atoms. The first-order valence-corrected chi connectivity index (χ1v) is 6.50. The van der Waals surface area contributed by atoms with Crippen molar-refractivity contribution < 1.29 is 0 Å². The van der Waals surface area contributed by atoms with Crippen LogP contribution in [-0.2, 0) is 0 Å². The highest BCUT2D eigenvalue weighted by atomic mass is 15.1. The van der Waals surface area contributed by atoms with Gasteiger partial charge in [0.05, 0.1) is 0 Å². The van der Waals surface area contributed by atoms with E-state index in [1.807, 2.05) is 0 Å². The maximum absolute atomic E-state index is 2.68. The molecule has 2 atom stereocenters. The van der Waals surface area contributed by atoms with Gasteiger partial charge in [-0.05, 0) is 44.2 Å². The molecule has 1 heteroatoms. The molecule has 0 saturated carbocycles. The predicted octanol–water partition coefficient (Wildman–Crippen LogP) is 3.54. The number of hydrogen-bond donors (Lipinski definition) is 0. The van der Waals surface area contributed by atoms with Gasteiger partial charge in [-0.2, -0.15) is 0 Å². The molecule has 1 nitrogen and oxygen atoms in total. The minimum absolute atomic E-state index is 0.916. The molecule has 1 fully saturated rings. The molecular weight excluding hydrogens is 170 g/mol. The average Bonchev–Trinajstić information content (AvgIpc) is 2.36. The second-order valence-electron chi connectivity index (χ2n) is 4.94. The third kappa shape index (κ3) is 3.61. The molecule has 0 aromatic rings. The van der Waals surface area contributed by atoms with Crippen molar-refractivity contribution in [1.29, 1.82) is 0 Å². The highest BCUT2D eigenvalue weighted by Crippen LogP contribution is 2.25. The summed E-state index contributed by atoms with van der Waals surface area (Å²) in [5, 5.41) is 0. The Kier molecular flexibility index (Phi) is 5.54. The summed E-state index contributed by atoms with van der Waals surface area (Å²) < 4.78 is 0. The predicted molar refractivity (Wildman–Crippen MR) is 63.5 cm³/mol. The van der Waals surface area contributed by atoms with Crippen molar-refractivity contribution in [3.63, 3.8) is 0 Å². The zero-order valence-electron chi connectivity index (χ0n) is 10.3. The Morgan fingerprint density at radius 1 is 1.29 bits per heavy atom. The van der Waals surface area contributed by atoms with Gasteiger partial charge in [0.2, 0.25) is 0 Å². The van der Waals surface area contributed by atoms with Gasteiger partial charge in [0.15, 0.2) is 0 Å². The molecule has 0 aromatic heterocycles. The summed E-state index contributed by atoms with van der Waals surface area (Å²) in [4.78, 5) is 2.68. The van der Waals surface area contributed by atoms with Crippen molar-refractivity contribution in [1.82, 2.24) is 4.90 Å². The average molecular weight is 197 g/mol. The molecule has 1 aliphatic heterocycles. The summed E-state index contributed by atoms with van der Waals surface area (Å²) in [5.74, 6) is 1.90. The first-order chi connectivity index (χ1) is 6.77. The molecule has 84 valence electrons. The molecule has 1 rings (SSSR count). The first-order valence-electron chi connectivity index (χ1n) is 6.50. The lowest BCUT2D eigenvalue weighted by atomic mass is 9.89. The van der Waals surface area contributed by atoms with Crippen LogP contribution in [0.2, 0.25) is 0 Å². The van der Waals surface area contributed by atoms with Crippen molar-refractivity contribution in [3.05, 3.63) is 0 Å². The lowest BCUT2D eigenvalue weighted by Crippen LogP contribution is -2.29. The van der Waals surface area contributed by atoms with E-state index in [1.54, 1.807) is 0 Å². The summed E-state index contributed by atoms with van der Waals surface area (Å²) >= 11 is 0. The number of likely N-dealkylation sites (tertiary alicyclic amines) is 1. The van der Waals surface area contributed by atoms with E-state index in [0.717, 1.165) is 11.8 Å². The second kappa shape index (κ2) is 6.44. The molecule has 1 aliphatic rings. The van der Waals surface area contributed by atoms with E-state index >= 15 is 0 Å². The van der Waals surface area contributed by atoms with Crippen LogP contribution >= 0.6 is 0 Å². The zero-order chi connectivity index (χ0) is 10.4. The smallest absolute Gasteiger partial charge is 0.000966 e. The lowest BCUT2D eigenvalue weighted by molar-refractivity contribution is 0.230. The number of nitrogens with zero attached hydrogens (tertiary/aromatic N) is 1. The van der Waals surface area contributed by atoms with E-state index in [-0.39, 0.29) is 0 Å². The third-order valence-electron chi connectivity index (χ3n) is 3.75. The van der Waals surface area contributed by atoms with E-state index in [4.69, 9.17) is 0 Å². The van der Waals surface area contributed by atoms with Crippen molar-refractivity contribution >= 4 is 0 Å². The van der Waals surface area contributed by atoms with Crippen molar-refractivity contribution in [3.8, 4) is 0 Å². The summed E-state index contributed by atoms with van der Waals surface area (Å²) in [6.07, 6.45) is 6.97. The Hall–Kier alpha value is -0.0400. The van der Waals surface area contributed by atoms with Gasteiger partial charge >= 0.3 is 0 Å². The van der Waals surface area contributed by atoms with Gasteiger partial charge in [0.25, 0.3) is 0 Å². The Morgan fingerprint density at radius 3 is 2.71 bits per heavy atom. The molecule has 0 aromatic carbocycles. The molecule has 1 saturated heterocycles. The van der Waals surface area contributed by atoms with Gasteiger partial charge in [-0.15, -0.1) is 0 Å². The number of hydrogen-bond acceptors (Lipinski definition) is 1. The van der Waals surface area contributed by atoms with E-state index in [0.29, 0.717) is 0 Å². The highest BCUT2D eigenvalue weighted by Gasteiger charge is 2.21. The second-order valence-corrected chi connectivity index (χ2v) is 4.94. The van der Waals surface area contributed by atoms with Gasteiger partial charge in [0, 0.05) is 6.54 Å². The van der Waals surface area contributed by atoms with Crippen LogP contribution in [0.5, 0.6) is 0 Å². The molecule has 14 heavy (non-hydrogen) atoms. The van der Waals surface area contributed by atoms with E-state index in [9.17, 15) is 0 Å². The summed E-state index contributed by atoms with van der Waals surface area (Å²) in [7, 11) is 0. The van der Waals surface area contributed by atoms with Crippen molar-refractivity contribution in [2.75, 3.05) is 19.6 Å². The summed E-state index contributed by atoms with van der Waals surface area (Å²) in [5.41, 5.74) is 0. The molecule has 0 radical (unpaired) electrons. The maximum atomic E-state index is 2.68. The van der Waals surface area contributed by atoms with Crippen LogP contribution in [0.3, 0.4) is 0 Å². The molecule has 0 aliphatic carbocycles. The monoisotopic (exact) mass is 197 g/mol. The SMILES string of the molecule is CCCCN1CCCC(CC)[C@H](C)C1. The molecule has 0 N–H and O–H groups in total. The van der Waals surface area contributed by atoms with Crippen LogP contribution in [0.15, 0.2) is 0 Å². The fourth-order valence-corrected chi connectivity index (χ4v) is 2.70. The van der Waals surface area contributed by atoms with Gasteiger partial charge in [-0.25, -0.2) is 0 Å². The van der Waals surface area contributed by atoms with E-state index in [2.05, 4.69) is 25.7 Å². The van der Waals surface area contributed by atoms with Crippen molar-refractivity contribution in [2.45, 2.75) is 52.9 Å². The summed E-state index contributed by atoms with van der Waals surface area (Å²) in [6.45, 7) is 11.1. The molecule has 0 amide bonds. The van der Waals surface area contributed by atoms with Crippen LogP contribution in [0.1, 0.15) is 52.9 Å². The van der Waals surface area contributed by atoms with Crippen LogP contribution in [0.25, 0.3) is 0 Å². The molecule has 0 spiro atoms. The quantitative estimate of drug-likeness (QED) is 0.666. The van der Waals surface area contributed by atoms with Gasteiger partial charge < -0.3 is 4.90 Å². The fraction of sp³-hybridized carbons (Fsp3) is 1.00. The molecule has 1 unspecified atom stereocenters. The minimum Gasteiger partial charge on any atom is -0.303 e. The number of rotatable bonds is 4. The topological polar surface area (TPSA) is 3.24 Å².